The van der Waals surface area contributed by atoms with Gasteiger partial charge >= 0.3 is 0 Å². The number of thiazole rings is 1. The van der Waals surface area contributed by atoms with Crippen LogP contribution >= 0.6 is 57.7 Å². The van der Waals surface area contributed by atoms with Crippen LogP contribution in [0.1, 0.15) is 0 Å². The van der Waals surface area contributed by atoms with Crippen molar-refractivity contribution in [2.75, 3.05) is 11.9 Å². The molecule has 0 radical (unpaired) electrons. The Morgan fingerprint density at radius 1 is 1.04 bits per heavy atom. The summed E-state index contributed by atoms with van der Waals surface area (Å²) >= 11 is 25.0. The maximum absolute atomic E-state index is 12.1. The summed E-state index contributed by atoms with van der Waals surface area (Å²) in [5, 5.41) is 6.50. The van der Waals surface area contributed by atoms with Crippen molar-refractivity contribution < 1.29 is 9.53 Å². The topological polar surface area (TPSA) is 51.2 Å². The van der Waals surface area contributed by atoms with Gasteiger partial charge in [-0.15, -0.1) is 11.3 Å². The number of amides is 1. The third-order valence-corrected chi connectivity index (χ3v) is 5.25. The van der Waals surface area contributed by atoms with E-state index in [4.69, 9.17) is 51.1 Å². The number of nitrogens with zero attached hydrogens (tertiary/aromatic N) is 1. The highest BCUT2D eigenvalue weighted by Crippen LogP contribution is 2.34. The van der Waals surface area contributed by atoms with Gasteiger partial charge in [-0.25, -0.2) is 4.98 Å². The summed E-state index contributed by atoms with van der Waals surface area (Å²) < 4.78 is 5.39. The van der Waals surface area contributed by atoms with Gasteiger partial charge in [0.1, 0.15) is 5.75 Å². The van der Waals surface area contributed by atoms with E-state index in [0.717, 1.165) is 11.3 Å². The molecule has 0 fully saturated rings. The normalized spacial score (nSPS) is 10.6. The van der Waals surface area contributed by atoms with E-state index in [1.807, 2.05) is 17.5 Å². The first kappa shape index (κ1) is 19.3. The van der Waals surface area contributed by atoms with Crippen molar-refractivity contribution in [3.63, 3.8) is 0 Å². The van der Waals surface area contributed by atoms with Gasteiger partial charge in [-0.2, -0.15) is 0 Å². The molecule has 0 bridgehead atoms. The van der Waals surface area contributed by atoms with Gasteiger partial charge in [-0.3, -0.25) is 10.1 Å². The summed E-state index contributed by atoms with van der Waals surface area (Å²) in [6.07, 6.45) is 0. The van der Waals surface area contributed by atoms with E-state index >= 15 is 0 Å². The number of ether oxygens (including phenoxy) is 1. The molecular weight excluding hydrogens is 438 g/mol. The van der Waals surface area contributed by atoms with Crippen molar-refractivity contribution in [1.29, 1.82) is 0 Å². The number of rotatable bonds is 5. The lowest BCUT2D eigenvalue weighted by Crippen LogP contribution is -2.20. The van der Waals surface area contributed by atoms with Gasteiger partial charge in [0.05, 0.1) is 20.8 Å². The monoisotopic (exact) mass is 446 g/mol. The highest BCUT2D eigenvalue weighted by Gasteiger charge is 2.12. The van der Waals surface area contributed by atoms with Crippen molar-refractivity contribution in [1.82, 2.24) is 4.98 Å². The summed E-state index contributed by atoms with van der Waals surface area (Å²) in [4.78, 5) is 16.4. The number of benzene rings is 2. The van der Waals surface area contributed by atoms with Crippen LogP contribution in [0.5, 0.6) is 5.75 Å². The summed E-state index contributed by atoms with van der Waals surface area (Å²) in [5.74, 6) is -0.0960. The fraction of sp³-hybridized carbons (Fsp3) is 0.0588. The van der Waals surface area contributed by atoms with E-state index in [2.05, 4.69) is 10.3 Å². The minimum Gasteiger partial charge on any atom is -0.482 e. The van der Waals surface area contributed by atoms with Crippen molar-refractivity contribution in [2.24, 2.45) is 0 Å². The Balaban J connectivity index is 1.60. The molecule has 0 aliphatic carbocycles. The number of nitrogens with one attached hydrogen (secondary N) is 1. The molecule has 0 unspecified atom stereocenters. The molecule has 9 heteroatoms. The minimum absolute atomic E-state index is 0.243. The van der Waals surface area contributed by atoms with E-state index in [1.165, 1.54) is 23.5 Å². The summed E-state index contributed by atoms with van der Waals surface area (Å²) in [5.41, 5.74) is 1.65. The Morgan fingerprint density at radius 2 is 1.73 bits per heavy atom. The van der Waals surface area contributed by atoms with Gasteiger partial charge in [0.15, 0.2) is 11.7 Å². The average Bonchev–Trinajstić information content (AvgIpc) is 3.06. The molecule has 0 saturated carbocycles. The number of aromatic nitrogens is 1. The van der Waals surface area contributed by atoms with Crippen LogP contribution in [0.2, 0.25) is 20.1 Å². The Bertz CT molecular complexity index is 944. The average molecular weight is 448 g/mol. The molecular formula is C17H10Cl4N2O2S. The number of hydrogen-bond donors (Lipinski definition) is 1. The second-order valence-corrected chi connectivity index (χ2v) is 7.59. The second kappa shape index (κ2) is 8.46. The predicted octanol–water partition coefficient (Wildman–Crippen LogP) is 6.44. The predicted molar refractivity (Wildman–Crippen MR) is 108 cm³/mol. The molecule has 0 atom stereocenters. The Hall–Kier alpha value is -1.50. The van der Waals surface area contributed by atoms with E-state index < -0.39 is 0 Å². The lowest BCUT2D eigenvalue weighted by molar-refractivity contribution is -0.118. The fourth-order valence-electron chi connectivity index (χ4n) is 2.00. The molecule has 0 aliphatic heterocycles. The number of halogens is 4. The highest BCUT2D eigenvalue weighted by atomic mass is 35.5. The molecule has 0 aliphatic rings. The molecule has 0 saturated heterocycles. The van der Waals surface area contributed by atoms with Crippen molar-refractivity contribution >= 4 is 68.8 Å². The molecule has 134 valence electrons. The van der Waals surface area contributed by atoms with Gasteiger partial charge in [0, 0.05) is 22.0 Å². The third kappa shape index (κ3) is 4.81. The zero-order valence-corrected chi connectivity index (χ0v) is 16.8. The van der Waals surface area contributed by atoms with E-state index in [-0.39, 0.29) is 23.3 Å². The van der Waals surface area contributed by atoms with Crippen LogP contribution in [-0.4, -0.2) is 17.5 Å². The standard InChI is InChI=1S/C17H10Cl4N2O2S/c18-10-3-1-9(2-4-10)14-8-26-17(22-14)23-16(24)7-25-15-6-12(20)11(19)5-13(15)21/h1-6,8H,7H2,(H,22,23,24). The van der Waals surface area contributed by atoms with Gasteiger partial charge in [0.25, 0.3) is 5.91 Å². The molecule has 1 heterocycles. The largest absolute Gasteiger partial charge is 0.482 e. The van der Waals surface area contributed by atoms with Gasteiger partial charge in [-0.1, -0.05) is 58.5 Å². The van der Waals surface area contributed by atoms with Crippen LogP contribution in [0, 0.1) is 0 Å². The van der Waals surface area contributed by atoms with E-state index in [1.54, 1.807) is 12.1 Å². The Morgan fingerprint density at radius 3 is 2.46 bits per heavy atom. The van der Waals surface area contributed by atoms with E-state index in [9.17, 15) is 4.79 Å². The minimum atomic E-state index is -0.371. The number of anilines is 1. The molecule has 1 N–H and O–H groups in total. The van der Waals surface area contributed by atoms with Crippen LogP contribution < -0.4 is 10.1 Å². The zero-order chi connectivity index (χ0) is 18.7. The van der Waals surface area contributed by atoms with Crippen molar-refractivity contribution in [2.45, 2.75) is 0 Å². The molecule has 26 heavy (non-hydrogen) atoms. The highest BCUT2D eigenvalue weighted by molar-refractivity contribution is 7.14. The molecule has 1 amide bonds. The van der Waals surface area contributed by atoms with Crippen LogP contribution in [-0.2, 0) is 4.79 Å². The molecule has 2 aromatic carbocycles. The summed E-state index contributed by atoms with van der Waals surface area (Å²) in [6, 6.07) is 10.2. The smallest absolute Gasteiger partial charge is 0.264 e. The lowest BCUT2D eigenvalue weighted by atomic mass is 10.2. The van der Waals surface area contributed by atoms with E-state index in [0.29, 0.717) is 20.2 Å². The maximum Gasteiger partial charge on any atom is 0.264 e. The molecule has 3 aromatic rings. The van der Waals surface area contributed by atoms with Crippen LogP contribution in [0.4, 0.5) is 5.13 Å². The Kier molecular flexibility index (Phi) is 6.27. The van der Waals surface area contributed by atoms with Gasteiger partial charge < -0.3 is 4.74 Å². The quantitative estimate of drug-likeness (QED) is 0.457. The third-order valence-electron chi connectivity index (χ3n) is 3.22. The van der Waals surface area contributed by atoms with Crippen LogP contribution in [0.15, 0.2) is 41.8 Å². The maximum atomic E-state index is 12.1. The van der Waals surface area contributed by atoms with Crippen LogP contribution in [0.25, 0.3) is 11.3 Å². The molecule has 1 aromatic heterocycles. The van der Waals surface area contributed by atoms with Gasteiger partial charge in [-0.05, 0) is 18.2 Å². The summed E-state index contributed by atoms with van der Waals surface area (Å²) in [6.45, 7) is -0.243. The number of hydrogen-bond acceptors (Lipinski definition) is 4. The SMILES string of the molecule is O=C(COc1cc(Cl)c(Cl)cc1Cl)Nc1nc(-c2ccc(Cl)cc2)cs1. The molecule has 0 spiro atoms. The number of carbonyl (C=O) groups is 1. The molecule has 3 rings (SSSR count). The first-order valence-corrected chi connectivity index (χ1v) is 9.60. The van der Waals surface area contributed by atoms with Gasteiger partial charge in [0.2, 0.25) is 0 Å². The van der Waals surface area contributed by atoms with Crippen molar-refractivity contribution in [3.8, 4) is 17.0 Å². The second-order valence-electron chi connectivity index (χ2n) is 5.08. The summed E-state index contributed by atoms with van der Waals surface area (Å²) in [7, 11) is 0. The zero-order valence-electron chi connectivity index (χ0n) is 12.9. The lowest BCUT2D eigenvalue weighted by Gasteiger charge is -2.08. The van der Waals surface area contributed by atoms with Crippen LogP contribution in [0.3, 0.4) is 0 Å². The number of carbonyl (C=O) groups excluding carboxylic acids is 1. The van der Waals surface area contributed by atoms with Crippen molar-refractivity contribution in [3.05, 3.63) is 61.9 Å². The molecule has 4 nitrogen and oxygen atoms in total. The first-order chi connectivity index (χ1) is 12.4. The Labute approximate surface area is 173 Å². The first-order valence-electron chi connectivity index (χ1n) is 7.21. The fourth-order valence-corrected chi connectivity index (χ4v) is 3.45.